The maximum Gasteiger partial charge on any atom is 0.305 e. The summed E-state index contributed by atoms with van der Waals surface area (Å²) in [6.07, 6.45) is -2.28. The van der Waals surface area contributed by atoms with Crippen LogP contribution in [0.3, 0.4) is 0 Å². The molecule has 0 aliphatic carbocycles. The number of thioether (sulfide) groups is 1. The van der Waals surface area contributed by atoms with Crippen LogP contribution in [-0.2, 0) is 115 Å². The minimum atomic E-state index is -1.93. The van der Waals surface area contributed by atoms with Crippen LogP contribution >= 0.6 is 11.8 Å². The number of fused-ring (bicyclic) bond motifs is 1. The highest BCUT2D eigenvalue weighted by Crippen LogP contribution is 2.29. The number of hydrogen-bond acceptors (Lipinski definition) is 22. The average molecular weight is 1920 g/mol. The summed E-state index contributed by atoms with van der Waals surface area (Å²) in [6, 6.07) is 16.8. The zero-order chi connectivity index (χ0) is 100. The van der Waals surface area contributed by atoms with E-state index in [1.165, 1.54) is 67.2 Å². The van der Waals surface area contributed by atoms with Gasteiger partial charge in [-0.3, -0.25) is 76.7 Å². The molecule has 3 heterocycles. The van der Waals surface area contributed by atoms with Crippen LogP contribution in [0.25, 0.3) is 10.9 Å². The first-order valence-corrected chi connectivity index (χ1v) is 46.1. The van der Waals surface area contributed by atoms with Gasteiger partial charge in [0, 0.05) is 95.8 Å². The standard InChI is InChI=1S/C96H119F3N16O21S/c1-8-9-25-76(95(135)115-50-63(120)46-78(115)91(131)108-72(47-82(123)124)89(129)110-84(53(2)3)96(136)112(6)77(54(4)117)43-55-19-12-10-13-20-55)111(5)94(134)79(44-56-21-14-11-15-22-56)113(7)93(133)73(42-59-38-65(97)83(99)66(98)39-59)104-81(122)52-137-51-74(85(125)103-49-80(101)121)109-86(126)69(35-37-116)105-87(127)70(41-58-29-33-62(119)34-30-58)106-88(128)71(45-60-48-102-68-24-17-16-23-64(60)68)107-90(130)75-26-18-36-114(75)92(132)67(100)40-57-27-31-61(118)32-28-57/h10-17,19-24,27-34,38-39,48,53,63,67,69-79,84,102,116,118-120H,8-9,18,25-26,35-37,40-47,49-52,100H2,1-7H3,(H2,101,121)(H,103,125)(H,104,122)(H,105,127)(H,106,128)(H,107,130)(H,108,131)(H,109,126)(H,110,129)(H,123,124)/t63-,67+,69+,70+,71+,72+,73+,74+,75-,76+,77?,78-,79?,84+/m1/s1. The summed E-state index contributed by atoms with van der Waals surface area (Å²) >= 11 is 0.611. The van der Waals surface area contributed by atoms with Crippen LogP contribution < -0.4 is 54.0 Å². The molecule has 2 aliphatic rings. The van der Waals surface area contributed by atoms with Crippen molar-refractivity contribution in [2.45, 2.75) is 202 Å². The number of aliphatic hydroxyl groups excluding tert-OH is 2. The van der Waals surface area contributed by atoms with Crippen molar-refractivity contribution in [2.75, 3.05) is 58.9 Å². The fourth-order valence-electron chi connectivity index (χ4n) is 16.5. The maximum absolute atomic E-state index is 15.6. The number of ketones is 1. The number of aromatic nitrogens is 1. The van der Waals surface area contributed by atoms with Crippen molar-refractivity contribution in [3.05, 3.63) is 203 Å². The predicted molar refractivity (Wildman–Crippen MR) is 496 cm³/mol. The number of nitrogens with two attached hydrogens (primary N) is 2. The van der Waals surface area contributed by atoms with Crippen molar-refractivity contribution < 1.29 is 115 Å². The van der Waals surface area contributed by atoms with Crippen LogP contribution in [-0.4, -0.2) is 293 Å². The largest absolute Gasteiger partial charge is 0.508 e. The van der Waals surface area contributed by atoms with Gasteiger partial charge in [0.2, 0.25) is 82.7 Å². The number of β-amino-alcohol motifs (C(OH)–C–C–N with tert-alkyl or cyclic N) is 1. The number of rotatable bonds is 49. The minimum Gasteiger partial charge on any atom is -0.508 e. The molecule has 2 unspecified atom stereocenters. The van der Waals surface area contributed by atoms with Crippen molar-refractivity contribution in [2.24, 2.45) is 17.4 Å². The molecule has 2 fully saturated rings. The van der Waals surface area contributed by atoms with E-state index >= 15 is 28.0 Å². The second-order valence-electron chi connectivity index (χ2n) is 34.6. The summed E-state index contributed by atoms with van der Waals surface area (Å²) < 4.78 is 45.1. The number of Topliss-reactive ketones (excluding diaryl/α,β-unsaturated/α-hetero) is 1. The highest BCUT2D eigenvalue weighted by Gasteiger charge is 2.47. The molecule has 137 heavy (non-hydrogen) atoms. The number of halogens is 3. The first-order valence-electron chi connectivity index (χ1n) is 44.9. The van der Waals surface area contributed by atoms with Gasteiger partial charge >= 0.3 is 5.97 Å². The Morgan fingerprint density at radius 3 is 1.65 bits per heavy atom. The fourth-order valence-corrected chi connectivity index (χ4v) is 17.4. The number of likely N-dealkylation sites (tertiary alicyclic amines) is 2. The van der Waals surface area contributed by atoms with Crippen molar-refractivity contribution in [3.63, 3.8) is 0 Å². The molecule has 0 radical (unpaired) electrons. The van der Waals surface area contributed by atoms with E-state index in [4.69, 9.17) is 11.5 Å². The monoisotopic (exact) mass is 1920 g/mol. The van der Waals surface area contributed by atoms with E-state index < -0.39 is 259 Å². The zero-order valence-corrected chi connectivity index (χ0v) is 77.8. The smallest absolute Gasteiger partial charge is 0.305 e. The first-order chi connectivity index (χ1) is 65.1. The molecular formula is C96H119F3N16O21S. The van der Waals surface area contributed by atoms with E-state index in [2.05, 4.69) is 47.5 Å². The Bertz CT molecular complexity index is 5430. The number of unbranched alkanes of at least 4 members (excludes halogenated alkanes) is 1. The Balaban J connectivity index is 0.928. The number of para-hydroxylation sites is 1. The second kappa shape index (κ2) is 50.7. The number of aromatic amines is 1. The van der Waals surface area contributed by atoms with Gasteiger partial charge in [-0.1, -0.05) is 137 Å². The molecule has 18 N–H and O–H groups in total. The summed E-state index contributed by atoms with van der Waals surface area (Å²) in [4.78, 5) is 238. The van der Waals surface area contributed by atoms with E-state index in [0.29, 0.717) is 69.9 Å². The van der Waals surface area contributed by atoms with Crippen molar-refractivity contribution in [3.8, 4) is 11.5 Å². The number of nitrogens with zero attached hydrogens (tertiary/aromatic N) is 5. The van der Waals surface area contributed by atoms with E-state index in [1.54, 1.807) is 124 Å². The number of carbonyl (C=O) groups is 16. The Kier molecular flexibility index (Phi) is 39.5. The topological polar surface area (TPSA) is 555 Å². The highest BCUT2D eigenvalue weighted by atomic mass is 32.2. The summed E-state index contributed by atoms with van der Waals surface area (Å²) in [6.45, 7) is 4.26. The van der Waals surface area contributed by atoms with Gasteiger partial charge in [-0.05, 0) is 127 Å². The third-order valence-corrected chi connectivity index (χ3v) is 25.0. The number of carboxylic acid groups (broad SMARTS) is 1. The number of nitrogens with one attached hydrogen (secondary N) is 9. The first kappa shape index (κ1) is 107. The summed E-state index contributed by atoms with van der Waals surface area (Å²) in [5, 5.41) is 72.8. The molecule has 2 saturated heterocycles. The lowest BCUT2D eigenvalue weighted by Gasteiger charge is -2.38. The number of hydrogen-bond donors (Lipinski definition) is 16. The van der Waals surface area contributed by atoms with Crippen LogP contribution in [0.2, 0.25) is 0 Å². The molecule has 14 atom stereocenters. The lowest BCUT2D eigenvalue weighted by molar-refractivity contribution is -0.152. The number of phenols is 2. The number of H-pyrrole nitrogens is 1. The second-order valence-corrected chi connectivity index (χ2v) is 35.6. The molecule has 7 aromatic rings. The van der Waals surface area contributed by atoms with Crippen LogP contribution in [0.5, 0.6) is 11.5 Å². The Labute approximate surface area is 793 Å². The molecule has 736 valence electrons. The summed E-state index contributed by atoms with van der Waals surface area (Å²) in [7, 11) is 3.77. The minimum absolute atomic E-state index is 0.00138. The van der Waals surface area contributed by atoms with Gasteiger partial charge in [-0.25, -0.2) is 13.2 Å². The quantitative estimate of drug-likeness (QED) is 0.0240. The van der Waals surface area contributed by atoms with Gasteiger partial charge in [-0.2, -0.15) is 0 Å². The number of phenolic OH excluding ortho intramolecular Hbond substituents is 2. The Hall–Kier alpha value is -13.8. The SMILES string of the molecule is CCCC[C@@H](C(=O)N1C[C@H](O)C[C@@H]1C(=O)N[C@@H](CC(=O)O)C(=O)N[C@H](C(=O)N(C)C(Cc1ccccc1)C(C)=O)C(C)C)N(C)C(=O)C(Cc1ccccc1)N(C)C(=O)[C@H](Cc1cc(F)c(F)c(F)c1)NC(=O)CSC[C@H](NC(=O)[C@H](CCO)NC(=O)[C@H](Cc1ccc(O)cc1)NC(=O)[C@H](Cc1c[nH]c2ccccc12)NC(=O)[C@H]1CCCN1C(=O)[C@@H](N)Cc1ccc(O)cc1)C(=O)NCC(N)=O. The molecule has 6 aromatic carbocycles. The molecule has 0 spiro atoms. The highest BCUT2D eigenvalue weighted by molar-refractivity contribution is 8.00. The number of benzene rings is 6. The molecule has 41 heteroatoms. The maximum atomic E-state index is 15.6. The van der Waals surface area contributed by atoms with Gasteiger partial charge in [-0.15, -0.1) is 11.8 Å². The lowest BCUT2D eigenvalue weighted by atomic mass is 9.98. The van der Waals surface area contributed by atoms with E-state index in [-0.39, 0.29) is 75.2 Å². The van der Waals surface area contributed by atoms with Crippen LogP contribution in [0.15, 0.2) is 152 Å². The molecular weight excluding hydrogens is 1800 g/mol. The summed E-state index contributed by atoms with van der Waals surface area (Å²) in [5.41, 5.74) is 14.8. The Morgan fingerprint density at radius 1 is 0.547 bits per heavy atom. The van der Waals surface area contributed by atoms with Crippen LogP contribution in [0, 0.1) is 23.4 Å². The fraction of sp³-hybridized carbons (Fsp3) is 0.438. The molecule has 37 nitrogen and oxygen atoms in total. The third kappa shape index (κ3) is 30.1. The number of primary amides is 1. The van der Waals surface area contributed by atoms with E-state index in [1.807, 2.05) is 0 Å². The van der Waals surface area contributed by atoms with Crippen molar-refractivity contribution in [1.82, 2.24) is 72.0 Å². The average Bonchev–Trinajstić information content (AvgIpc) is 1.56. The number of aliphatic hydroxyl groups is 2. The number of carboxylic acids is 1. The number of aliphatic carboxylic acids is 1. The number of likely N-dealkylation sites (N-methyl/N-ethyl adjacent to an activating group) is 3. The lowest BCUT2D eigenvalue weighted by Crippen LogP contribution is -2.61. The zero-order valence-electron chi connectivity index (χ0n) is 76.9. The number of aromatic hydroxyl groups is 2. The van der Waals surface area contributed by atoms with Crippen molar-refractivity contribution >= 4 is 117 Å². The van der Waals surface area contributed by atoms with Gasteiger partial charge in [0.15, 0.2) is 23.2 Å². The molecule has 14 amide bonds. The van der Waals surface area contributed by atoms with Gasteiger partial charge in [0.25, 0.3) is 0 Å². The van der Waals surface area contributed by atoms with Gasteiger partial charge < -0.3 is 109 Å². The number of amides is 14. The molecule has 2 aliphatic heterocycles. The summed E-state index contributed by atoms with van der Waals surface area (Å²) in [5.74, 6) is -23.0. The van der Waals surface area contributed by atoms with Gasteiger partial charge in [0.05, 0.1) is 36.9 Å². The molecule has 0 bridgehead atoms. The normalized spacial score (nSPS) is 16.5. The predicted octanol–water partition coefficient (Wildman–Crippen LogP) is 1.53. The number of carbonyl (C=O) groups excluding carboxylic acids is 15. The van der Waals surface area contributed by atoms with E-state index in [9.17, 15) is 87.5 Å². The van der Waals surface area contributed by atoms with Crippen LogP contribution in [0.1, 0.15) is 112 Å². The molecule has 1 aromatic heterocycles. The van der Waals surface area contributed by atoms with Crippen LogP contribution in [0.4, 0.5) is 13.2 Å². The van der Waals surface area contributed by atoms with E-state index in [0.717, 1.165) is 27.3 Å². The third-order valence-electron chi connectivity index (χ3n) is 24.0. The molecule has 0 saturated carbocycles. The molecule has 9 rings (SSSR count). The van der Waals surface area contributed by atoms with Gasteiger partial charge in [0.1, 0.15) is 78.0 Å². The Morgan fingerprint density at radius 2 is 1.07 bits per heavy atom. The van der Waals surface area contributed by atoms with Crippen molar-refractivity contribution in [1.29, 1.82) is 0 Å².